The van der Waals surface area contributed by atoms with Crippen molar-refractivity contribution in [3.05, 3.63) is 48.0 Å². The van der Waals surface area contributed by atoms with Crippen molar-refractivity contribution < 1.29 is 14.3 Å². The second kappa shape index (κ2) is 9.57. The first kappa shape index (κ1) is 20.2. The van der Waals surface area contributed by atoms with Crippen molar-refractivity contribution >= 4 is 45.4 Å². The number of hydrogen-bond acceptors (Lipinski definition) is 7. The summed E-state index contributed by atoms with van der Waals surface area (Å²) in [5, 5.41) is 4.01. The average Bonchev–Trinajstić information content (AvgIpc) is 3.10. The van der Waals surface area contributed by atoms with Crippen LogP contribution in [-0.4, -0.2) is 36.1 Å². The van der Waals surface area contributed by atoms with Crippen molar-refractivity contribution in [1.29, 1.82) is 0 Å². The number of hydrazone groups is 1. The van der Waals surface area contributed by atoms with Crippen LogP contribution in [0.5, 0.6) is 11.5 Å². The van der Waals surface area contributed by atoms with Gasteiger partial charge in [-0.05, 0) is 49.7 Å². The molecule has 0 aliphatic rings. The van der Waals surface area contributed by atoms with E-state index in [0.29, 0.717) is 11.5 Å². The van der Waals surface area contributed by atoms with Crippen LogP contribution in [-0.2, 0) is 4.79 Å². The van der Waals surface area contributed by atoms with E-state index in [4.69, 9.17) is 9.47 Å². The summed E-state index contributed by atoms with van der Waals surface area (Å²) in [5.74, 6) is 1.36. The number of ether oxygens (including phenoxy) is 2. The van der Waals surface area contributed by atoms with Gasteiger partial charge < -0.3 is 9.47 Å². The van der Waals surface area contributed by atoms with Crippen LogP contribution >= 0.6 is 23.1 Å². The maximum Gasteiger partial charge on any atom is 0.250 e. The number of methoxy groups -OCH3 is 1. The first-order valence-electron chi connectivity index (χ1n) is 8.70. The standard InChI is InChI=1S/C20H21N3O3S2/c1-13(2)26-16-9-8-14(10-17(16)25-3)11-21-23-19(24)12-27-20-22-15-6-4-5-7-18(15)28-20/h4-11,13H,12H2,1-3H3,(H,23,24)/b21-11-. The number of amides is 1. The molecule has 28 heavy (non-hydrogen) atoms. The van der Waals surface area contributed by atoms with Crippen molar-refractivity contribution in [2.75, 3.05) is 12.9 Å². The number of carbonyl (C=O) groups excluding carboxylic acids is 1. The van der Waals surface area contributed by atoms with Gasteiger partial charge in [-0.2, -0.15) is 5.10 Å². The Kier molecular flexibility index (Phi) is 6.89. The SMILES string of the molecule is COc1cc(/C=N\NC(=O)CSc2nc3ccccc3s2)ccc1OC(C)C. The Morgan fingerprint density at radius 3 is 2.86 bits per heavy atom. The fourth-order valence-corrected chi connectivity index (χ4v) is 4.23. The molecule has 0 bridgehead atoms. The van der Waals surface area contributed by atoms with E-state index in [2.05, 4.69) is 15.5 Å². The third-order valence-corrected chi connectivity index (χ3v) is 5.73. The Morgan fingerprint density at radius 1 is 1.29 bits per heavy atom. The lowest BCUT2D eigenvalue weighted by Gasteiger charge is -2.13. The van der Waals surface area contributed by atoms with Crippen LogP contribution in [0.1, 0.15) is 19.4 Å². The van der Waals surface area contributed by atoms with Crippen LogP contribution in [0.3, 0.4) is 0 Å². The minimum absolute atomic E-state index is 0.0561. The minimum Gasteiger partial charge on any atom is -0.493 e. The third kappa shape index (κ3) is 5.46. The second-order valence-electron chi connectivity index (χ2n) is 6.11. The van der Waals surface area contributed by atoms with Gasteiger partial charge in [0.15, 0.2) is 15.8 Å². The quantitative estimate of drug-likeness (QED) is 0.337. The number of nitrogens with zero attached hydrogens (tertiary/aromatic N) is 2. The number of hydrogen-bond donors (Lipinski definition) is 1. The summed E-state index contributed by atoms with van der Waals surface area (Å²) in [5.41, 5.74) is 4.28. The maximum absolute atomic E-state index is 12.0. The molecular weight excluding hydrogens is 394 g/mol. The lowest BCUT2D eigenvalue weighted by Crippen LogP contribution is -2.19. The lowest BCUT2D eigenvalue weighted by molar-refractivity contribution is -0.118. The number of rotatable bonds is 8. The van der Waals surface area contributed by atoms with Gasteiger partial charge in [0.25, 0.3) is 5.91 Å². The van der Waals surface area contributed by atoms with Gasteiger partial charge in [0, 0.05) is 0 Å². The molecule has 0 aliphatic heterocycles. The number of nitrogens with one attached hydrogen (secondary N) is 1. The molecule has 0 saturated carbocycles. The van der Waals surface area contributed by atoms with Gasteiger partial charge in [0.05, 0.1) is 35.4 Å². The van der Waals surface area contributed by atoms with Crippen LogP contribution in [0.2, 0.25) is 0 Å². The lowest BCUT2D eigenvalue weighted by atomic mass is 10.2. The number of thiazole rings is 1. The Labute approximate surface area is 172 Å². The molecule has 1 amide bonds. The van der Waals surface area contributed by atoms with Crippen LogP contribution < -0.4 is 14.9 Å². The molecule has 3 rings (SSSR count). The molecule has 0 fully saturated rings. The van der Waals surface area contributed by atoms with E-state index in [1.807, 2.05) is 56.3 Å². The van der Waals surface area contributed by atoms with Crippen molar-refractivity contribution in [1.82, 2.24) is 10.4 Å². The molecule has 6 nitrogen and oxygen atoms in total. The smallest absolute Gasteiger partial charge is 0.250 e. The van der Waals surface area contributed by atoms with Gasteiger partial charge in [-0.25, -0.2) is 10.4 Å². The summed E-state index contributed by atoms with van der Waals surface area (Å²) in [6.45, 7) is 3.91. The van der Waals surface area contributed by atoms with Crippen molar-refractivity contribution in [2.24, 2.45) is 5.10 Å². The van der Waals surface area contributed by atoms with Crippen LogP contribution in [0, 0.1) is 0 Å². The monoisotopic (exact) mass is 415 g/mol. The summed E-state index contributed by atoms with van der Waals surface area (Å²) >= 11 is 2.98. The predicted octanol–water partition coefficient (Wildman–Crippen LogP) is 4.33. The predicted molar refractivity (Wildman–Crippen MR) is 115 cm³/mol. The highest BCUT2D eigenvalue weighted by molar-refractivity contribution is 8.01. The molecule has 0 aliphatic carbocycles. The first-order chi connectivity index (χ1) is 13.5. The van der Waals surface area contributed by atoms with Gasteiger partial charge in [-0.1, -0.05) is 23.9 Å². The molecule has 0 radical (unpaired) electrons. The molecule has 146 valence electrons. The zero-order chi connectivity index (χ0) is 19.9. The fraction of sp³-hybridized carbons (Fsp3) is 0.250. The van der Waals surface area contributed by atoms with Gasteiger partial charge in [-0.3, -0.25) is 4.79 Å². The molecule has 0 saturated heterocycles. The molecule has 0 unspecified atom stereocenters. The molecule has 1 heterocycles. The van der Waals surface area contributed by atoms with Gasteiger partial charge in [-0.15, -0.1) is 11.3 Å². The average molecular weight is 416 g/mol. The van der Waals surface area contributed by atoms with Crippen LogP contribution in [0.4, 0.5) is 0 Å². The van der Waals surface area contributed by atoms with Crippen molar-refractivity contribution in [3.8, 4) is 11.5 Å². The molecule has 0 atom stereocenters. The van der Waals surface area contributed by atoms with E-state index in [0.717, 1.165) is 20.1 Å². The number of thioether (sulfide) groups is 1. The van der Waals surface area contributed by atoms with Crippen molar-refractivity contribution in [2.45, 2.75) is 24.3 Å². The number of aromatic nitrogens is 1. The van der Waals surface area contributed by atoms with Crippen LogP contribution in [0.15, 0.2) is 51.9 Å². The van der Waals surface area contributed by atoms with E-state index in [9.17, 15) is 4.79 Å². The molecule has 1 N–H and O–H groups in total. The van der Waals surface area contributed by atoms with E-state index in [1.54, 1.807) is 24.7 Å². The molecule has 8 heteroatoms. The zero-order valence-electron chi connectivity index (χ0n) is 15.8. The second-order valence-corrected chi connectivity index (χ2v) is 8.36. The normalized spacial score (nSPS) is 11.3. The maximum atomic E-state index is 12.0. The molecular formula is C20H21N3O3S2. The molecule has 0 spiro atoms. The summed E-state index contributed by atoms with van der Waals surface area (Å²) in [7, 11) is 1.59. The summed E-state index contributed by atoms with van der Waals surface area (Å²) < 4.78 is 13.0. The van der Waals surface area contributed by atoms with E-state index in [1.165, 1.54) is 11.8 Å². The Morgan fingerprint density at radius 2 is 2.11 bits per heavy atom. The molecule has 2 aromatic carbocycles. The highest BCUT2D eigenvalue weighted by Gasteiger charge is 2.08. The number of benzene rings is 2. The third-order valence-electron chi connectivity index (χ3n) is 3.55. The minimum atomic E-state index is -0.188. The topological polar surface area (TPSA) is 72.8 Å². The Balaban J connectivity index is 1.52. The Hall–Kier alpha value is -2.58. The largest absolute Gasteiger partial charge is 0.493 e. The highest BCUT2D eigenvalue weighted by atomic mass is 32.2. The van der Waals surface area contributed by atoms with Crippen LogP contribution in [0.25, 0.3) is 10.2 Å². The van der Waals surface area contributed by atoms with Gasteiger partial charge in [0.1, 0.15) is 0 Å². The van der Waals surface area contributed by atoms with E-state index < -0.39 is 0 Å². The summed E-state index contributed by atoms with van der Waals surface area (Å²) in [4.78, 5) is 16.5. The Bertz CT molecular complexity index is 953. The number of carbonyl (C=O) groups is 1. The van der Waals surface area contributed by atoms with Gasteiger partial charge >= 0.3 is 0 Å². The van der Waals surface area contributed by atoms with E-state index >= 15 is 0 Å². The molecule has 3 aromatic rings. The summed E-state index contributed by atoms with van der Waals surface area (Å²) in [6, 6.07) is 13.4. The van der Waals surface area contributed by atoms with E-state index in [-0.39, 0.29) is 17.8 Å². The first-order valence-corrected chi connectivity index (χ1v) is 10.5. The zero-order valence-corrected chi connectivity index (χ0v) is 17.5. The number of fused-ring (bicyclic) bond motifs is 1. The molecule has 1 aromatic heterocycles. The number of para-hydroxylation sites is 1. The summed E-state index contributed by atoms with van der Waals surface area (Å²) in [6.07, 6.45) is 1.63. The fourth-order valence-electron chi connectivity index (χ4n) is 2.37. The van der Waals surface area contributed by atoms with Gasteiger partial charge in [0.2, 0.25) is 0 Å². The van der Waals surface area contributed by atoms with Crippen molar-refractivity contribution in [3.63, 3.8) is 0 Å². The highest BCUT2D eigenvalue weighted by Crippen LogP contribution is 2.29.